The van der Waals surface area contributed by atoms with Crippen molar-refractivity contribution in [2.75, 3.05) is 19.0 Å². The Labute approximate surface area is 137 Å². The van der Waals surface area contributed by atoms with Crippen molar-refractivity contribution in [1.29, 1.82) is 0 Å². The SMILES string of the molecule is CCCN(CC)C1(N)CCCCC1(C)CCCCCCCl. The molecule has 2 atom stereocenters. The number of rotatable bonds is 10. The summed E-state index contributed by atoms with van der Waals surface area (Å²) in [4.78, 5) is 2.56. The standard InChI is InChI=1S/C18H37ClN2/c1-4-16-21(5-2)18(20)14-10-9-13-17(18,3)12-8-6-7-11-15-19/h4-16,20H2,1-3H3. The van der Waals surface area contributed by atoms with Gasteiger partial charge in [-0.2, -0.15) is 0 Å². The highest BCUT2D eigenvalue weighted by Crippen LogP contribution is 2.47. The Morgan fingerprint density at radius 3 is 2.33 bits per heavy atom. The van der Waals surface area contributed by atoms with Gasteiger partial charge in [0, 0.05) is 5.88 Å². The van der Waals surface area contributed by atoms with Crippen molar-refractivity contribution in [3.63, 3.8) is 0 Å². The Kier molecular flexibility index (Phi) is 8.59. The van der Waals surface area contributed by atoms with Crippen LogP contribution in [0.25, 0.3) is 0 Å². The molecule has 1 fully saturated rings. The number of hydrogen-bond donors (Lipinski definition) is 1. The van der Waals surface area contributed by atoms with E-state index in [2.05, 4.69) is 25.7 Å². The van der Waals surface area contributed by atoms with Crippen LogP contribution in [0.1, 0.15) is 85.0 Å². The second-order valence-electron chi connectivity index (χ2n) is 7.12. The van der Waals surface area contributed by atoms with Crippen LogP contribution in [-0.4, -0.2) is 29.5 Å². The molecule has 2 N–H and O–H groups in total. The van der Waals surface area contributed by atoms with E-state index < -0.39 is 0 Å². The molecule has 0 bridgehead atoms. The van der Waals surface area contributed by atoms with Crippen LogP contribution in [0.15, 0.2) is 0 Å². The molecule has 0 saturated heterocycles. The molecular formula is C18H37ClN2. The van der Waals surface area contributed by atoms with Gasteiger partial charge in [-0.1, -0.05) is 52.9 Å². The van der Waals surface area contributed by atoms with E-state index >= 15 is 0 Å². The summed E-state index contributed by atoms with van der Waals surface area (Å²) >= 11 is 5.77. The second kappa shape index (κ2) is 9.37. The Balaban J connectivity index is 2.68. The summed E-state index contributed by atoms with van der Waals surface area (Å²) in [6.45, 7) is 9.19. The van der Waals surface area contributed by atoms with E-state index in [1.807, 2.05) is 0 Å². The maximum absolute atomic E-state index is 7.02. The minimum Gasteiger partial charge on any atom is -0.313 e. The van der Waals surface area contributed by atoms with E-state index in [1.54, 1.807) is 0 Å². The topological polar surface area (TPSA) is 29.3 Å². The van der Waals surface area contributed by atoms with E-state index in [4.69, 9.17) is 17.3 Å². The first-order valence-electron chi connectivity index (χ1n) is 9.14. The van der Waals surface area contributed by atoms with Crippen LogP contribution in [0.5, 0.6) is 0 Å². The normalized spacial score (nSPS) is 30.0. The number of nitrogens with zero attached hydrogens (tertiary/aromatic N) is 1. The summed E-state index contributed by atoms with van der Waals surface area (Å²) in [6, 6.07) is 0. The summed E-state index contributed by atoms with van der Waals surface area (Å²) < 4.78 is 0. The van der Waals surface area contributed by atoms with Crippen LogP contribution >= 0.6 is 11.6 Å². The van der Waals surface area contributed by atoms with Gasteiger partial charge in [0.1, 0.15) is 0 Å². The average Bonchev–Trinajstić information content (AvgIpc) is 2.48. The molecule has 2 unspecified atom stereocenters. The first-order chi connectivity index (χ1) is 10.0. The van der Waals surface area contributed by atoms with E-state index in [0.717, 1.165) is 25.4 Å². The van der Waals surface area contributed by atoms with Crippen LogP contribution < -0.4 is 5.73 Å². The molecule has 1 rings (SSSR count). The lowest BCUT2D eigenvalue weighted by Gasteiger charge is -2.55. The maximum Gasteiger partial charge on any atom is 0.0742 e. The fourth-order valence-corrected chi connectivity index (χ4v) is 4.37. The quantitative estimate of drug-likeness (QED) is 0.343. The van der Waals surface area contributed by atoms with Gasteiger partial charge in [-0.25, -0.2) is 0 Å². The first kappa shape index (κ1) is 19.3. The zero-order chi connectivity index (χ0) is 15.8. The second-order valence-corrected chi connectivity index (χ2v) is 7.50. The van der Waals surface area contributed by atoms with Gasteiger partial charge in [0.15, 0.2) is 0 Å². The fraction of sp³-hybridized carbons (Fsp3) is 1.00. The molecule has 0 amide bonds. The third-order valence-electron chi connectivity index (χ3n) is 5.63. The molecule has 0 spiro atoms. The molecule has 3 heteroatoms. The smallest absolute Gasteiger partial charge is 0.0742 e. The van der Waals surface area contributed by atoms with E-state index in [-0.39, 0.29) is 11.1 Å². The molecule has 0 radical (unpaired) electrons. The van der Waals surface area contributed by atoms with Crippen LogP contribution in [0, 0.1) is 5.41 Å². The first-order valence-corrected chi connectivity index (χ1v) is 9.67. The molecule has 0 heterocycles. The number of alkyl halides is 1. The van der Waals surface area contributed by atoms with Crippen molar-refractivity contribution in [2.24, 2.45) is 11.1 Å². The molecule has 126 valence electrons. The zero-order valence-corrected chi connectivity index (χ0v) is 15.4. The number of unbranched alkanes of at least 4 members (excludes halogenated alkanes) is 3. The average molecular weight is 317 g/mol. The Hall–Kier alpha value is 0.210. The van der Waals surface area contributed by atoms with Crippen molar-refractivity contribution < 1.29 is 0 Å². The number of halogens is 1. The molecule has 0 aromatic heterocycles. The predicted octanol–water partition coefficient (Wildman–Crippen LogP) is 5.14. The van der Waals surface area contributed by atoms with E-state index in [1.165, 1.54) is 57.8 Å². The highest BCUT2D eigenvalue weighted by atomic mass is 35.5. The molecule has 1 aliphatic rings. The summed E-state index contributed by atoms with van der Waals surface area (Å²) in [5, 5.41) is 0. The van der Waals surface area contributed by atoms with Crippen molar-refractivity contribution >= 4 is 11.6 Å². The van der Waals surface area contributed by atoms with Crippen LogP contribution in [-0.2, 0) is 0 Å². The molecule has 0 aromatic rings. The van der Waals surface area contributed by atoms with E-state index in [0.29, 0.717) is 0 Å². The Morgan fingerprint density at radius 1 is 1.05 bits per heavy atom. The van der Waals surface area contributed by atoms with Crippen molar-refractivity contribution in [3.8, 4) is 0 Å². The van der Waals surface area contributed by atoms with Crippen molar-refractivity contribution in [2.45, 2.75) is 90.6 Å². The van der Waals surface area contributed by atoms with Gasteiger partial charge >= 0.3 is 0 Å². The van der Waals surface area contributed by atoms with Gasteiger partial charge in [0.2, 0.25) is 0 Å². The van der Waals surface area contributed by atoms with E-state index in [9.17, 15) is 0 Å². The van der Waals surface area contributed by atoms with Crippen LogP contribution in [0.4, 0.5) is 0 Å². The van der Waals surface area contributed by atoms with Crippen LogP contribution in [0.3, 0.4) is 0 Å². The highest BCUT2D eigenvalue weighted by molar-refractivity contribution is 6.17. The van der Waals surface area contributed by atoms with Gasteiger partial charge in [-0.3, -0.25) is 4.90 Å². The third kappa shape index (κ3) is 4.84. The largest absolute Gasteiger partial charge is 0.313 e. The zero-order valence-electron chi connectivity index (χ0n) is 14.6. The molecule has 1 aliphatic carbocycles. The molecule has 0 aliphatic heterocycles. The van der Waals surface area contributed by atoms with Gasteiger partial charge in [0.05, 0.1) is 5.66 Å². The Bertz CT molecular complexity index is 284. The molecular weight excluding hydrogens is 280 g/mol. The summed E-state index contributed by atoms with van der Waals surface area (Å²) in [7, 11) is 0. The fourth-order valence-electron chi connectivity index (χ4n) is 4.18. The Morgan fingerprint density at radius 2 is 1.71 bits per heavy atom. The maximum atomic E-state index is 7.02. The summed E-state index contributed by atoms with van der Waals surface area (Å²) in [5.41, 5.74) is 7.20. The predicted molar refractivity (Wildman–Crippen MR) is 94.8 cm³/mol. The van der Waals surface area contributed by atoms with Crippen molar-refractivity contribution in [1.82, 2.24) is 4.90 Å². The van der Waals surface area contributed by atoms with Gasteiger partial charge < -0.3 is 5.73 Å². The van der Waals surface area contributed by atoms with Crippen molar-refractivity contribution in [3.05, 3.63) is 0 Å². The molecule has 21 heavy (non-hydrogen) atoms. The third-order valence-corrected chi connectivity index (χ3v) is 5.90. The molecule has 2 nitrogen and oxygen atoms in total. The number of nitrogens with two attached hydrogens (primary N) is 1. The minimum atomic E-state index is -0.0947. The summed E-state index contributed by atoms with van der Waals surface area (Å²) in [5.74, 6) is 0.804. The van der Waals surface area contributed by atoms with Crippen LogP contribution in [0.2, 0.25) is 0 Å². The highest BCUT2D eigenvalue weighted by Gasteiger charge is 2.49. The molecule has 1 saturated carbocycles. The van der Waals surface area contributed by atoms with Gasteiger partial charge in [-0.05, 0) is 50.6 Å². The lowest BCUT2D eigenvalue weighted by Crippen LogP contribution is -2.66. The summed E-state index contributed by atoms with van der Waals surface area (Å²) in [6.07, 6.45) is 12.6. The lowest BCUT2D eigenvalue weighted by molar-refractivity contribution is -0.0604. The lowest BCUT2D eigenvalue weighted by atomic mass is 9.64. The molecule has 0 aromatic carbocycles. The monoisotopic (exact) mass is 316 g/mol. The minimum absolute atomic E-state index is 0.0947. The van der Waals surface area contributed by atoms with Gasteiger partial charge in [0.25, 0.3) is 0 Å². The van der Waals surface area contributed by atoms with Gasteiger partial charge in [-0.15, -0.1) is 11.6 Å². The number of hydrogen-bond acceptors (Lipinski definition) is 2.